The second-order valence-corrected chi connectivity index (χ2v) is 14.5. The standard InChI is InChI=1S/C44H78N2O6/c1-4-7-10-13-14-15-16-17-18-19-26-35-52-44(49)39-36-40(50-33-27-20-22-29-42(47)45-31-24-11-8-5-2)38-41(37-39)51-34-28-21-23-30-43(48)46-32-25-12-9-6-3/h36-38H,4-35H2,1-3H3,(H,45,47)(H,46,48). The SMILES string of the molecule is CCCCCCCCCCCCCOC(=O)c1cc(OCCCCCC(=O)NCCCCCC)cc(OCCCCCC(=O)NCCCCCC)c1. The van der Waals surface area contributed by atoms with Gasteiger partial charge in [-0.25, -0.2) is 4.79 Å². The van der Waals surface area contributed by atoms with Crippen molar-refractivity contribution in [2.24, 2.45) is 0 Å². The molecule has 52 heavy (non-hydrogen) atoms. The molecule has 0 unspecified atom stereocenters. The summed E-state index contributed by atoms with van der Waals surface area (Å²) < 4.78 is 17.8. The Hall–Kier alpha value is -2.77. The first-order chi connectivity index (χ1) is 25.5. The Kier molecular flexibility index (Phi) is 32.0. The molecule has 0 aliphatic heterocycles. The van der Waals surface area contributed by atoms with Crippen LogP contribution in [0.25, 0.3) is 0 Å². The van der Waals surface area contributed by atoms with Crippen molar-refractivity contribution < 1.29 is 28.6 Å². The molecule has 0 bridgehead atoms. The monoisotopic (exact) mass is 731 g/mol. The van der Waals surface area contributed by atoms with Crippen LogP contribution in [0.1, 0.15) is 204 Å². The molecular formula is C44H78N2O6. The summed E-state index contributed by atoms with van der Waals surface area (Å²) in [6.07, 6.45) is 29.1. The number of nitrogens with one attached hydrogen (secondary N) is 2. The first-order valence-corrected chi connectivity index (χ1v) is 21.6. The molecule has 1 rings (SSSR count). The Labute approximate surface area is 318 Å². The molecule has 0 fully saturated rings. The number of carbonyl (C=O) groups excluding carboxylic acids is 3. The van der Waals surface area contributed by atoms with Gasteiger partial charge in [0.25, 0.3) is 0 Å². The molecule has 0 saturated carbocycles. The van der Waals surface area contributed by atoms with Crippen molar-refractivity contribution in [2.75, 3.05) is 32.9 Å². The summed E-state index contributed by atoms with van der Waals surface area (Å²) in [6, 6.07) is 5.31. The molecule has 0 saturated heterocycles. The molecule has 0 atom stereocenters. The van der Waals surface area contributed by atoms with Crippen LogP contribution in [-0.4, -0.2) is 50.7 Å². The minimum absolute atomic E-state index is 0.125. The summed E-state index contributed by atoms with van der Waals surface area (Å²) in [4.78, 5) is 37.2. The van der Waals surface area contributed by atoms with Crippen LogP contribution in [0.4, 0.5) is 0 Å². The zero-order valence-electron chi connectivity index (χ0n) is 33.8. The van der Waals surface area contributed by atoms with Crippen LogP contribution in [0.2, 0.25) is 0 Å². The summed E-state index contributed by atoms with van der Waals surface area (Å²) in [5.41, 5.74) is 0.432. The molecule has 8 heteroatoms. The summed E-state index contributed by atoms with van der Waals surface area (Å²) in [5.74, 6) is 1.06. The molecule has 0 aliphatic carbocycles. The number of esters is 1. The number of hydrogen-bond acceptors (Lipinski definition) is 6. The molecular weight excluding hydrogens is 652 g/mol. The van der Waals surface area contributed by atoms with E-state index in [1.54, 1.807) is 12.1 Å². The number of rotatable bonds is 37. The van der Waals surface area contributed by atoms with Crippen molar-refractivity contribution in [1.29, 1.82) is 0 Å². The largest absolute Gasteiger partial charge is 0.493 e. The fourth-order valence-corrected chi connectivity index (χ4v) is 6.12. The molecule has 1 aromatic rings. The van der Waals surface area contributed by atoms with E-state index in [0.29, 0.717) is 49.7 Å². The van der Waals surface area contributed by atoms with Gasteiger partial charge in [0.05, 0.1) is 25.4 Å². The zero-order valence-corrected chi connectivity index (χ0v) is 33.8. The van der Waals surface area contributed by atoms with Crippen LogP contribution < -0.4 is 20.1 Å². The number of hydrogen-bond donors (Lipinski definition) is 2. The molecule has 2 N–H and O–H groups in total. The van der Waals surface area contributed by atoms with Gasteiger partial charge in [-0.3, -0.25) is 9.59 Å². The van der Waals surface area contributed by atoms with Crippen molar-refractivity contribution in [3.05, 3.63) is 23.8 Å². The zero-order chi connectivity index (χ0) is 37.7. The lowest BCUT2D eigenvalue weighted by Gasteiger charge is -2.13. The Morgan fingerprint density at radius 2 is 0.808 bits per heavy atom. The fraction of sp³-hybridized carbons (Fsp3) is 0.795. The van der Waals surface area contributed by atoms with E-state index in [4.69, 9.17) is 14.2 Å². The average Bonchev–Trinajstić information content (AvgIpc) is 3.14. The third kappa shape index (κ3) is 28.8. The molecule has 0 spiro atoms. The van der Waals surface area contributed by atoms with Gasteiger partial charge in [0.1, 0.15) is 11.5 Å². The number of unbranched alkanes of at least 4 members (excludes halogenated alkanes) is 20. The lowest BCUT2D eigenvalue weighted by molar-refractivity contribution is -0.122. The number of benzene rings is 1. The van der Waals surface area contributed by atoms with Crippen molar-refractivity contribution in [3.8, 4) is 11.5 Å². The lowest BCUT2D eigenvalue weighted by atomic mass is 10.1. The average molecular weight is 731 g/mol. The third-order valence-electron chi connectivity index (χ3n) is 9.44. The molecule has 300 valence electrons. The third-order valence-corrected chi connectivity index (χ3v) is 9.44. The molecule has 1 aromatic carbocycles. The van der Waals surface area contributed by atoms with Gasteiger partial charge >= 0.3 is 5.97 Å². The Bertz CT molecular complexity index is 960. The highest BCUT2D eigenvalue weighted by atomic mass is 16.5. The van der Waals surface area contributed by atoms with Gasteiger partial charge in [0.2, 0.25) is 11.8 Å². The minimum atomic E-state index is -0.358. The van der Waals surface area contributed by atoms with Crippen molar-refractivity contribution in [3.63, 3.8) is 0 Å². The molecule has 8 nitrogen and oxygen atoms in total. The number of ether oxygens (including phenoxy) is 3. The lowest BCUT2D eigenvalue weighted by Crippen LogP contribution is -2.23. The topological polar surface area (TPSA) is 103 Å². The number of amides is 2. The van der Waals surface area contributed by atoms with E-state index in [-0.39, 0.29) is 17.8 Å². The van der Waals surface area contributed by atoms with Crippen LogP contribution >= 0.6 is 0 Å². The van der Waals surface area contributed by atoms with Gasteiger partial charge in [0, 0.05) is 32.0 Å². The second-order valence-electron chi connectivity index (χ2n) is 14.5. The summed E-state index contributed by atoms with van der Waals surface area (Å²) in [6.45, 7) is 9.56. The summed E-state index contributed by atoms with van der Waals surface area (Å²) in [7, 11) is 0. The van der Waals surface area contributed by atoms with Crippen LogP contribution in [0, 0.1) is 0 Å². The fourth-order valence-electron chi connectivity index (χ4n) is 6.12. The van der Waals surface area contributed by atoms with E-state index in [2.05, 4.69) is 31.4 Å². The smallest absolute Gasteiger partial charge is 0.338 e. The van der Waals surface area contributed by atoms with E-state index >= 15 is 0 Å². The normalized spacial score (nSPS) is 11.0. The predicted octanol–water partition coefficient (Wildman–Crippen LogP) is 11.4. The van der Waals surface area contributed by atoms with E-state index in [9.17, 15) is 14.4 Å². The van der Waals surface area contributed by atoms with Gasteiger partial charge in [-0.2, -0.15) is 0 Å². The van der Waals surface area contributed by atoms with Gasteiger partial charge in [0.15, 0.2) is 0 Å². The Balaban J connectivity index is 2.47. The van der Waals surface area contributed by atoms with E-state index in [1.807, 2.05) is 6.07 Å². The maximum absolute atomic E-state index is 13.0. The summed E-state index contributed by atoms with van der Waals surface area (Å²) in [5, 5.41) is 6.04. The second kappa shape index (κ2) is 35.3. The molecule has 0 aromatic heterocycles. The van der Waals surface area contributed by atoms with Gasteiger partial charge < -0.3 is 24.8 Å². The van der Waals surface area contributed by atoms with Crippen LogP contribution in [0.3, 0.4) is 0 Å². The maximum Gasteiger partial charge on any atom is 0.338 e. The van der Waals surface area contributed by atoms with Crippen LogP contribution in [-0.2, 0) is 14.3 Å². The highest BCUT2D eigenvalue weighted by Gasteiger charge is 2.13. The highest BCUT2D eigenvalue weighted by molar-refractivity contribution is 5.90. The van der Waals surface area contributed by atoms with Crippen molar-refractivity contribution in [1.82, 2.24) is 10.6 Å². The van der Waals surface area contributed by atoms with Crippen molar-refractivity contribution >= 4 is 17.8 Å². The highest BCUT2D eigenvalue weighted by Crippen LogP contribution is 2.25. The van der Waals surface area contributed by atoms with E-state index in [0.717, 1.165) is 77.3 Å². The first kappa shape index (κ1) is 47.3. The first-order valence-electron chi connectivity index (χ1n) is 21.6. The molecule has 0 heterocycles. The Morgan fingerprint density at radius 1 is 0.442 bits per heavy atom. The van der Waals surface area contributed by atoms with Gasteiger partial charge in [-0.05, 0) is 69.9 Å². The summed E-state index contributed by atoms with van der Waals surface area (Å²) >= 11 is 0. The molecule has 2 amide bonds. The van der Waals surface area contributed by atoms with E-state index < -0.39 is 0 Å². The van der Waals surface area contributed by atoms with Crippen LogP contribution in [0.5, 0.6) is 11.5 Å². The van der Waals surface area contributed by atoms with Gasteiger partial charge in [-0.1, -0.05) is 124 Å². The minimum Gasteiger partial charge on any atom is -0.493 e. The van der Waals surface area contributed by atoms with Gasteiger partial charge in [-0.15, -0.1) is 0 Å². The quantitative estimate of drug-likeness (QED) is 0.0522. The molecule has 0 radical (unpaired) electrons. The van der Waals surface area contributed by atoms with E-state index in [1.165, 1.54) is 96.3 Å². The maximum atomic E-state index is 13.0. The van der Waals surface area contributed by atoms with Crippen molar-refractivity contribution in [2.45, 2.75) is 194 Å². The molecule has 0 aliphatic rings. The predicted molar refractivity (Wildman–Crippen MR) is 215 cm³/mol. The number of carbonyl (C=O) groups is 3. The van der Waals surface area contributed by atoms with Crippen LogP contribution in [0.15, 0.2) is 18.2 Å². The Morgan fingerprint density at radius 3 is 1.25 bits per heavy atom.